The van der Waals surface area contributed by atoms with E-state index in [1.165, 1.54) is 5.01 Å². The van der Waals surface area contributed by atoms with Crippen LogP contribution in [0.2, 0.25) is 0 Å². The molecule has 22 heavy (non-hydrogen) atoms. The Balaban J connectivity index is 1.88. The minimum Gasteiger partial charge on any atom is -0.268 e. The number of nitrogens with two attached hydrogens (primary N) is 1. The summed E-state index contributed by atoms with van der Waals surface area (Å²) in [5.74, 6) is 5.69. The molecule has 0 radical (unpaired) electrons. The maximum atomic E-state index is 12.5. The van der Waals surface area contributed by atoms with Crippen molar-refractivity contribution in [2.24, 2.45) is 5.84 Å². The average Bonchev–Trinajstić information content (AvgIpc) is 2.60. The van der Waals surface area contributed by atoms with Crippen molar-refractivity contribution in [3.05, 3.63) is 72.2 Å². The summed E-state index contributed by atoms with van der Waals surface area (Å²) in [4.78, 5) is 20.9. The van der Waals surface area contributed by atoms with Gasteiger partial charge in [0.1, 0.15) is 5.69 Å². The Labute approximate surface area is 128 Å². The highest BCUT2D eigenvalue weighted by atomic mass is 16.2. The predicted octanol–water partition coefficient (Wildman–Crippen LogP) is 2.71. The lowest BCUT2D eigenvalue weighted by molar-refractivity contribution is 0.0685. The number of aromatic nitrogens is 2. The number of amides is 1. The number of hydrazine groups is 1. The first-order chi connectivity index (χ1) is 10.7. The van der Waals surface area contributed by atoms with Gasteiger partial charge in [0, 0.05) is 17.8 Å². The van der Waals surface area contributed by atoms with Crippen LogP contribution in [0, 0.1) is 0 Å². The lowest BCUT2D eigenvalue weighted by Crippen LogP contribution is -2.39. The summed E-state index contributed by atoms with van der Waals surface area (Å²) in [7, 11) is 0. The van der Waals surface area contributed by atoms with Crippen LogP contribution in [-0.4, -0.2) is 20.9 Å². The van der Waals surface area contributed by atoms with Crippen LogP contribution in [0.4, 0.5) is 0 Å². The van der Waals surface area contributed by atoms with Gasteiger partial charge in [0.15, 0.2) is 0 Å². The molecule has 1 atom stereocenters. The number of carbonyl (C=O) groups excluding carboxylic acids is 1. The average molecular weight is 292 g/mol. The van der Waals surface area contributed by atoms with Crippen molar-refractivity contribution in [1.29, 1.82) is 0 Å². The number of carbonyl (C=O) groups is 1. The maximum absolute atomic E-state index is 12.5. The van der Waals surface area contributed by atoms with Gasteiger partial charge in [0.2, 0.25) is 0 Å². The number of benzene rings is 1. The fraction of sp³-hybridized carbons (Fsp3) is 0.118. The van der Waals surface area contributed by atoms with Gasteiger partial charge < -0.3 is 0 Å². The molecule has 5 nitrogen and oxygen atoms in total. The third-order valence-corrected chi connectivity index (χ3v) is 3.64. The number of fused-ring (bicyclic) bond motifs is 1. The van der Waals surface area contributed by atoms with Crippen LogP contribution in [-0.2, 0) is 0 Å². The second-order valence-corrected chi connectivity index (χ2v) is 5.06. The zero-order valence-electron chi connectivity index (χ0n) is 12.2. The molecule has 3 aromatic rings. The highest BCUT2D eigenvalue weighted by Gasteiger charge is 2.20. The van der Waals surface area contributed by atoms with Crippen LogP contribution >= 0.6 is 0 Å². The van der Waals surface area contributed by atoms with Crippen molar-refractivity contribution in [3.8, 4) is 0 Å². The van der Waals surface area contributed by atoms with Gasteiger partial charge in [0.25, 0.3) is 5.91 Å². The lowest BCUT2D eigenvalue weighted by Gasteiger charge is -2.24. The molecular formula is C17H16N4O. The molecule has 0 bridgehead atoms. The topological polar surface area (TPSA) is 72.1 Å². The summed E-state index contributed by atoms with van der Waals surface area (Å²) in [5, 5.41) is 2.10. The SMILES string of the molecule is C[C@@H](c1ccccc1)N(N)C(=O)c1ccc2cnccc2n1. The molecule has 0 unspecified atom stereocenters. The van der Waals surface area contributed by atoms with E-state index in [-0.39, 0.29) is 11.9 Å². The van der Waals surface area contributed by atoms with Crippen LogP contribution in [0.5, 0.6) is 0 Å². The Morgan fingerprint density at radius 2 is 1.91 bits per heavy atom. The Morgan fingerprint density at radius 3 is 2.68 bits per heavy atom. The van der Waals surface area contributed by atoms with Gasteiger partial charge in [-0.05, 0) is 30.7 Å². The highest BCUT2D eigenvalue weighted by molar-refractivity contribution is 5.94. The largest absolute Gasteiger partial charge is 0.286 e. The first kappa shape index (κ1) is 14.2. The molecular weight excluding hydrogens is 276 g/mol. The van der Waals surface area contributed by atoms with E-state index in [2.05, 4.69) is 9.97 Å². The molecule has 0 aliphatic rings. The summed E-state index contributed by atoms with van der Waals surface area (Å²) in [6.07, 6.45) is 3.36. The molecule has 0 saturated carbocycles. The summed E-state index contributed by atoms with van der Waals surface area (Å²) in [6, 6.07) is 14.7. The predicted molar refractivity (Wildman–Crippen MR) is 84.8 cm³/mol. The molecule has 2 aromatic heterocycles. The minimum absolute atomic E-state index is 0.233. The van der Waals surface area contributed by atoms with Gasteiger partial charge in [-0.3, -0.25) is 14.8 Å². The quantitative estimate of drug-likeness (QED) is 0.457. The van der Waals surface area contributed by atoms with Crippen LogP contribution in [0.15, 0.2) is 60.9 Å². The van der Waals surface area contributed by atoms with Crippen molar-refractivity contribution in [1.82, 2.24) is 15.0 Å². The highest BCUT2D eigenvalue weighted by Crippen LogP contribution is 2.19. The van der Waals surface area contributed by atoms with Crippen molar-refractivity contribution >= 4 is 16.8 Å². The third-order valence-electron chi connectivity index (χ3n) is 3.64. The third kappa shape index (κ3) is 2.66. The molecule has 0 aliphatic carbocycles. The molecule has 1 amide bonds. The Hall–Kier alpha value is -2.79. The van der Waals surface area contributed by atoms with Crippen LogP contribution in [0.25, 0.3) is 10.9 Å². The Kier molecular flexibility index (Phi) is 3.80. The second kappa shape index (κ2) is 5.91. The normalized spacial score (nSPS) is 12.1. The summed E-state index contributed by atoms with van der Waals surface area (Å²) < 4.78 is 0. The monoisotopic (exact) mass is 292 g/mol. The van der Waals surface area contributed by atoms with E-state index in [0.29, 0.717) is 5.69 Å². The van der Waals surface area contributed by atoms with E-state index in [1.807, 2.05) is 43.3 Å². The lowest BCUT2D eigenvalue weighted by atomic mass is 10.1. The second-order valence-electron chi connectivity index (χ2n) is 5.06. The Morgan fingerprint density at radius 1 is 1.14 bits per heavy atom. The molecule has 0 fully saturated rings. The summed E-state index contributed by atoms with van der Waals surface area (Å²) in [6.45, 7) is 1.89. The van der Waals surface area contributed by atoms with Gasteiger partial charge >= 0.3 is 0 Å². The van der Waals surface area contributed by atoms with E-state index in [9.17, 15) is 4.79 Å². The molecule has 2 heterocycles. The first-order valence-corrected chi connectivity index (χ1v) is 7.01. The van der Waals surface area contributed by atoms with Gasteiger partial charge in [-0.2, -0.15) is 0 Å². The first-order valence-electron chi connectivity index (χ1n) is 7.01. The van der Waals surface area contributed by atoms with Crippen molar-refractivity contribution in [2.45, 2.75) is 13.0 Å². The van der Waals surface area contributed by atoms with Crippen molar-refractivity contribution in [2.75, 3.05) is 0 Å². The number of hydrogen-bond acceptors (Lipinski definition) is 4. The summed E-state index contributed by atoms with van der Waals surface area (Å²) >= 11 is 0. The van der Waals surface area contributed by atoms with Gasteiger partial charge in [0.05, 0.1) is 11.6 Å². The van der Waals surface area contributed by atoms with E-state index in [1.54, 1.807) is 24.5 Å². The van der Waals surface area contributed by atoms with E-state index in [0.717, 1.165) is 16.5 Å². The summed E-state index contributed by atoms with van der Waals surface area (Å²) in [5.41, 5.74) is 2.02. The van der Waals surface area contributed by atoms with E-state index in [4.69, 9.17) is 5.84 Å². The molecule has 110 valence electrons. The fourth-order valence-corrected chi connectivity index (χ4v) is 2.28. The molecule has 1 aromatic carbocycles. The molecule has 3 rings (SSSR count). The Bertz CT molecular complexity index is 804. The van der Waals surface area contributed by atoms with Crippen LogP contribution < -0.4 is 5.84 Å². The minimum atomic E-state index is -0.310. The fourth-order valence-electron chi connectivity index (χ4n) is 2.28. The number of nitrogens with zero attached hydrogens (tertiary/aromatic N) is 3. The van der Waals surface area contributed by atoms with E-state index >= 15 is 0 Å². The van der Waals surface area contributed by atoms with E-state index < -0.39 is 0 Å². The molecule has 0 saturated heterocycles. The zero-order chi connectivity index (χ0) is 15.5. The molecule has 5 heteroatoms. The van der Waals surface area contributed by atoms with Crippen LogP contribution in [0.1, 0.15) is 29.0 Å². The van der Waals surface area contributed by atoms with Gasteiger partial charge in [-0.1, -0.05) is 30.3 Å². The van der Waals surface area contributed by atoms with Crippen molar-refractivity contribution in [3.63, 3.8) is 0 Å². The smallest absolute Gasteiger partial charge is 0.268 e. The molecule has 0 aliphatic heterocycles. The number of rotatable bonds is 3. The zero-order valence-corrected chi connectivity index (χ0v) is 12.2. The van der Waals surface area contributed by atoms with Gasteiger partial charge in [-0.25, -0.2) is 10.8 Å². The maximum Gasteiger partial charge on any atom is 0.286 e. The molecule has 2 N–H and O–H groups in total. The number of hydrogen-bond donors (Lipinski definition) is 1. The van der Waals surface area contributed by atoms with Crippen LogP contribution in [0.3, 0.4) is 0 Å². The number of pyridine rings is 2. The molecule has 0 spiro atoms. The van der Waals surface area contributed by atoms with Gasteiger partial charge in [-0.15, -0.1) is 0 Å². The van der Waals surface area contributed by atoms with Crippen molar-refractivity contribution < 1.29 is 4.79 Å². The standard InChI is InChI=1S/C17H16N4O/c1-12(13-5-3-2-4-6-13)21(18)17(22)16-8-7-14-11-19-10-9-15(14)20-16/h2-12H,18H2,1H3/t12-/m0/s1.